The van der Waals surface area contributed by atoms with Gasteiger partial charge in [-0.25, -0.2) is 0 Å². The van der Waals surface area contributed by atoms with Crippen LogP contribution in [0.4, 0.5) is 5.69 Å². The lowest BCUT2D eigenvalue weighted by atomic mass is 10.1. The minimum absolute atomic E-state index is 0.310. The summed E-state index contributed by atoms with van der Waals surface area (Å²) >= 11 is 10.9. The first-order valence-corrected chi connectivity index (χ1v) is 7.45. The number of halogens is 2. The SMILES string of the molecule is O=C1C(=O)N(Cc2ccc(Br)s2)c2cccc(Cl)c21. The Bertz CT molecular complexity index is 698. The van der Waals surface area contributed by atoms with Crippen LogP contribution in [0.25, 0.3) is 0 Å². The molecule has 0 atom stereocenters. The highest BCUT2D eigenvalue weighted by molar-refractivity contribution is 9.11. The molecule has 2 aromatic rings. The average Bonchev–Trinajstić information content (AvgIpc) is 2.88. The number of fused-ring (bicyclic) bond motifs is 1. The molecule has 0 fully saturated rings. The molecular weight excluding hydrogens is 350 g/mol. The number of hydrogen-bond acceptors (Lipinski definition) is 3. The van der Waals surface area contributed by atoms with Crippen molar-refractivity contribution < 1.29 is 9.59 Å². The second kappa shape index (κ2) is 4.74. The van der Waals surface area contributed by atoms with Crippen molar-refractivity contribution in [2.75, 3.05) is 4.90 Å². The number of Topliss-reactive ketones (excluding diaryl/α,β-unsaturated/α-hetero) is 1. The lowest BCUT2D eigenvalue weighted by Crippen LogP contribution is -2.28. The summed E-state index contributed by atoms with van der Waals surface area (Å²) in [5, 5.41) is 0.325. The number of ketones is 1. The van der Waals surface area contributed by atoms with Crippen LogP contribution in [0.2, 0.25) is 5.02 Å². The first kappa shape index (κ1) is 12.8. The highest BCUT2D eigenvalue weighted by Crippen LogP contribution is 2.36. The third-order valence-electron chi connectivity index (χ3n) is 2.89. The zero-order chi connectivity index (χ0) is 13.6. The molecule has 2 heterocycles. The number of benzene rings is 1. The Labute approximate surface area is 126 Å². The molecule has 0 saturated heterocycles. The van der Waals surface area contributed by atoms with Gasteiger partial charge in [-0.2, -0.15) is 0 Å². The Morgan fingerprint density at radius 1 is 1.21 bits per heavy atom. The van der Waals surface area contributed by atoms with Crippen LogP contribution in [0.3, 0.4) is 0 Å². The lowest BCUT2D eigenvalue weighted by Gasteiger charge is -2.15. The molecule has 0 N–H and O–H groups in total. The van der Waals surface area contributed by atoms with E-state index in [9.17, 15) is 9.59 Å². The molecule has 3 nitrogen and oxygen atoms in total. The van der Waals surface area contributed by atoms with E-state index >= 15 is 0 Å². The Hall–Kier alpha value is -1.17. The van der Waals surface area contributed by atoms with Crippen LogP contribution in [0.1, 0.15) is 15.2 Å². The summed E-state index contributed by atoms with van der Waals surface area (Å²) in [5.74, 6) is -1.05. The van der Waals surface area contributed by atoms with Crippen molar-refractivity contribution >= 4 is 56.2 Å². The van der Waals surface area contributed by atoms with Gasteiger partial charge in [0.25, 0.3) is 11.7 Å². The molecule has 0 saturated carbocycles. The molecule has 3 rings (SSSR count). The zero-order valence-electron chi connectivity index (χ0n) is 9.52. The monoisotopic (exact) mass is 355 g/mol. The van der Waals surface area contributed by atoms with E-state index < -0.39 is 11.7 Å². The van der Waals surface area contributed by atoms with Crippen molar-refractivity contribution in [3.63, 3.8) is 0 Å². The maximum atomic E-state index is 12.0. The van der Waals surface area contributed by atoms with Gasteiger partial charge in [-0.1, -0.05) is 17.7 Å². The van der Waals surface area contributed by atoms with E-state index in [4.69, 9.17) is 11.6 Å². The standard InChI is InChI=1S/C13H7BrClNO2S/c14-10-5-4-7(19-10)6-16-9-3-1-2-8(15)11(9)12(17)13(16)18/h1-5H,6H2. The summed E-state index contributed by atoms with van der Waals surface area (Å²) < 4.78 is 0.992. The van der Waals surface area contributed by atoms with E-state index in [1.165, 1.54) is 16.2 Å². The van der Waals surface area contributed by atoms with Gasteiger partial charge in [0.05, 0.1) is 26.6 Å². The van der Waals surface area contributed by atoms with Crippen molar-refractivity contribution in [3.8, 4) is 0 Å². The van der Waals surface area contributed by atoms with Crippen molar-refractivity contribution in [3.05, 3.63) is 49.6 Å². The topological polar surface area (TPSA) is 37.4 Å². The minimum atomic E-state index is -0.531. The van der Waals surface area contributed by atoms with Crippen LogP contribution in [-0.2, 0) is 11.3 Å². The molecule has 1 aliphatic heterocycles. The van der Waals surface area contributed by atoms with E-state index in [1.54, 1.807) is 18.2 Å². The van der Waals surface area contributed by atoms with Crippen LogP contribution >= 0.6 is 38.9 Å². The largest absolute Gasteiger partial charge is 0.299 e. The summed E-state index contributed by atoms with van der Waals surface area (Å²) in [4.78, 5) is 26.5. The van der Waals surface area contributed by atoms with Crippen LogP contribution in [0.15, 0.2) is 34.1 Å². The van der Waals surface area contributed by atoms with Crippen molar-refractivity contribution in [2.24, 2.45) is 0 Å². The molecule has 1 aromatic carbocycles. The van der Waals surface area contributed by atoms with E-state index in [2.05, 4.69) is 15.9 Å². The molecule has 0 radical (unpaired) electrons. The number of carbonyl (C=O) groups is 2. The van der Waals surface area contributed by atoms with Crippen LogP contribution in [-0.4, -0.2) is 11.7 Å². The average molecular weight is 357 g/mol. The maximum Gasteiger partial charge on any atom is 0.299 e. The van der Waals surface area contributed by atoms with Gasteiger partial charge in [0, 0.05) is 4.88 Å². The van der Waals surface area contributed by atoms with E-state index in [0.29, 0.717) is 22.8 Å². The number of nitrogens with zero attached hydrogens (tertiary/aromatic N) is 1. The summed E-state index contributed by atoms with van der Waals surface area (Å²) in [6.45, 7) is 0.383. The fourth-order valence-electron chi connectivity index (χ4n) is 2.05. The molecule has 0 unspecified atom stereocenters. The Balaban J connectivity index is 2.02. The Morgan fingerprint density at radius 2 is 2.00 bits per heavy atom. The summed E-state index contributed by atoms with van der Waals surface area (Å²) in [6, 6.07) is 8.95. The van der Waals surface area contributed by atoms with Gasteiger partial charge in [-0.05, 0) is 40.2 Å². The molecule has 0 aliphatic carbocycles. The van der Waals surface area contributed by atoms with Gasteiger partial charge in [0.15, 0.2) is 0 Å². The number of thiophene rings is 1. The fraction of sp³-hybridized carbons (Fsp3) is 0.0769. The lowest BCUT2D eigenvalue weighted by molar-refractivity contribution is -0.114. The normalized spacial score (nSPS) is 14.1. The Kier molecular flexibility index (Phi) is 3.20. The van der Waals surface area contributed by atoms with Gasteiger partial charge in [0.2, 0.25) is 0 Å². The van der Waals surface area contributed by atoms with E-state index in [1.807, 2.05) is 12.1 Å². The molecule has 19 heavy (non-hydrogen) atoms. The van der Waals surface area contributed by atoms with Crippen LogP contribution in [0, 0.1) is 0 Å². The minimum Gasteiger partial charge on any atom is -0.299 e. The molecule has 0 bridgehead atoms. The number of carbonyl (C=O) groups excluding carboxylic acids is 2. The third-order valence-corrected chi connectivity index (χ3v) is 4.82. The predicted octanol–water partition coefficient (Wildman–Crippen LogP) is 3.89. The molecule has 1 aliphatic rings. The van der Waals surface area contributed by atoms with Crippen LogP contribution < -0.4 is 4.90 Å². The van der Waals surface area contributed by atoms with Crippen molar-refractivity contribution in [1.29, 1.82) is 0 Å². The number of hydrogen-bond donors (Lipinski definition) is 0. The highest BCUT2D eigenvalue weighted by atomic mass is 79.9. The summed E-state index contributed by atoms with van der Waals surface area (Å²) in [7, 11) is 0. The van der Waals surface area contributed by atoms with Gasteiger partial charge in [-0.15, -0.1) is 11.3 Å². The second-order valence-corrected chi connectivity index (χ2v) is 7.01. The predicted molar refractivity (Wildman–Crippen MR) is 79.0 cm³/mol. The van der Waals surface area contributed by atoms with Crippen molar-refractivity contribution in [2.45, 2.75) is 6.54 Å². The molecule has 96 valence electrons. The summed E-state index contributed by atoms with van der Waals surface area (Å²) in [6.07, 6.45) is 0. The fourth-order valence-corrected chi connectivity index (χ4v) is 3.78. The highest BCUT2D eigenvalue weighted by Gasteiger charge is 2.37. The molecule has 1 aromatic heterocycles. The third kappa shape index (κ3) is 2.12. The van der Waals surface area contributed by atoms with E-state index in [0.717, 1.165) is 8.66 Å². The van der Waals surface area contributed by atoms with Crippen molar-refractivity contribution in [1.82, 2.24) is 0 Å². The zero-order valence-corrected chi connectivity index (χ0v) is 12.7. The first-order valence-electron chi connectivity index (χ1n) is 5.47. The quantitative estimate of drug-likeness (QED) is 0.766. The number of anilines is 1. The first-order chi connectivity index (χ1) is 9.08. The molecule has 0 spiro atoms. The number of rotatable bonds is 2. The van der Waals surface area contributed by atoms with Crippen LogP contribution in [0.5, 0.6) is 0 Å². The second-order valence-electron chi connectivity index (χ2n) is 4.06. The molecule has 6 heteroatoms. The molecule has 1 amide bonds. The van der Waals surface area contributed by atoms with E-state index in [-0.39, 0.29) is 0 Å². The smallest absolute Gasteiger partial charge is 0.299 e. The van der Waals surface area contributed by atoms with Gasteiger partial charge in [-0.3, -0.25) is 14.5 Å². The van der Waals surface area contributed by atoms with Gasteiger partial charge in [0.1, 0.15) is 0 Å². The maximum absolute atomic E-state index is 12.0. The van der Waals surface area contributed by atoms with Gasteiger partial charge < -0.3 is 0 Å². The molecular formula is C13H7BrClNO2S. The summed E-state index contributed by atoms with van der Waals surface area (Å²) in [5.41, 5.74) is 0.900. The Morgan fingerprint density at radius 3 is 2.68 bits per heavy atom. The van der Waals surface area contributed by atoms with Gasteiger partial charge >= 0.3 is 0 Å². The number of amides is 1.